The summed E-state index contributed by atoms with van der Waals surface area (Å²) in [6.07, 6.45) is 4.37. The van der Waals surface area contributed by atoms with E-state index in [0.717, 1.165) is 77.9 Å². The Labute approximate surface area is 297 Å². The van der Waals surface area contributed by atoms with Crippen LogP contribution in [0.1, 0.15) is 107 Å². The summed E-state index contributed by atoms with van der Waals surface area (Å²) < 4.78 is 25.7. The van der Waals surface area contributed by atoms with E-state index < -0.39 is 17.4 Å². The highest BCUT2D eigenvalue weighted by Gasteiger charge is 2.26. The van der Waals surface area contributed by atoms with Gasteiger partial charge in [0.1, 0.15) is 5.01 Å². The van der Waals surface area contributed by atoms with Gasteiger partial charge in [0.25, 0.3) is 0 Å². The van der Waals surface area contributed by atoms with Gasteiger partial charge >= 0.3 is 5.97 Å². The van der Waals surface area contributed by atoms with E-state index in [1.54, 1.807) is 20.8 Å². The Kier molecular flexibility index (Phi) is 16.3. The highest BCUT2D eigenvalue weighted by molar-refractivity contribution is 7.06. The quantitative estimate of drug-likeness (QED) is 0.263. The molecule has 1 fully saturated rings. The maximum Gasteiger partial charge on any atom is 0.307 e. The second-order valence-corrected chi connectivity index (χ2v) is 13.7. The molecule has 5 rings (SSSR count). The standard InChI is InChI=1S/C30H36FN5O3S.C4H10O.2C2H6/c1-17(29-33-30(34-40-29)36-10-7-9-35(5)11-12-36)14-23-19(3)32-20(4)24(16-26(37)38)27(23)22-15-25(31)28-21(18(22)2)8-6-13-39-28;1-4(2,3)5;2*1-2/h14-15H,6-13,16H2,1-5H3,(H,37,38);5H,1-3H3;2*1-2H3/b17-14+;;;. The number of hydrogen-bond acceptors (Lipinski definition) is 9. The number of fused-ring (bicyclic) bond motifs is 1. The Morgan fingerprint density at radius 3 is 2.33 bits per heavy atom. The number of nitrogens with zero attached hydrogens (tertiary/aromatic N) is 5. The Hall–Kier alpha value is -3.41. The number of likely N-dealkylation sites (N-methyl/N-ethyl adjacent to an activating group) is 1. The maximum absolute atomic E-state index is 15.4. The van der Waals surface area contributed by atoms with Crippen molar-refractivity contribution in [1.82, 2.24) is 19.2 Å². The number of aliphatic hydroxyl groups is 1. The monoisotopic (exact) mass is 699 g/mol. The van der Waals surface area contributed by atoms with Crippen molar-refractivity contribution in [2.24, 2.45) is 0 Å². The predicted octanol–water partition coefficient (Wildman–Crippen LogP) is 8.15. The molecule has 2 aliphatic rings. The van der Waals surface area contributed by atoms with Gasteiger partial charge in [-0.15, -0.1) is 0 Å². The molecule has 0 aliphatic carbocycles. The first kappa shape index (κ1) is 41.8. The average Bonchev–Trinajstić information content (AvgIpc) is 3.45. The van der Waals surface area contributed by atoms with E-state index >= 15 is 4.39 Å². The van der Waals surface area contributed by atoms with Crippen LogP contribution in [-0.2, 0) is 17.6 Å². The molecule has 272 valence electrons. The van der Waals surface area contributed by atoms with Gasteiger partial charge in [-0.2, -0.15) is 9.36 Å². The van der Waals surface area contributed by atoms with Crippen LogP contribution in [0.15, 0.2) is 6.07 Å². The summed E-state index contributed by atoms with van der Waals surface area (Å²) in [4.78, 5) is 26.1. The van der Waals surface area contributed by atoms with Gasteiger partial charge in [-0.3, -0.25) is 9.78 Å². The molecule has 0 bridgehead atoms. The number of anilines is 1. The Morgan fingerprint density at radius 1 is 1.04 bits per heavy atom. The van der Waals surface area contributed by atoms with Crippen LogP contribution in [0.25, 0.3) is 22.8 Å². The van der Waals surface area contributed by atoms with Crippen molar-refractivity contribution in [1.29, 1.82) is 0 Å². The fourth-order valence-corrected chi connectivity index (χ4v) is 6.35. The molecule has 0 unspecified atom stereocenters. The zero-order valence-electron chi connectivity index (χ0n) is 31.8. The third-order valence-electron chi connectivity index (χ3n) is 7.88. The lowest BCUT2D eigenvalue weighted by molar-refractivity contribution is -0.136. The molecular formula is C38H58FN5O4S. The summed E-state index contributed by atoms with van der Waals surface area (Å²) in [6.45, 7) is 25.2. The van der Waals surface area contributed by atoms with Crippen LogP contribution in [-0.4, -0.2) is 80.9 Å². The normalized spacial score (nSPS) is 14.9. The number of benzene rings is 1. The van der Waals surface area contributed by atoms with E-state index in [4.69, 9.17) is 19.8 Å². The highest BCUT2D eigenvalue weighted by atomic mass is 32.1. The molecule has 1 saturated heterocycles. The summed E-state index contributed by atoms with van der Waals surface area (Å²) in [5.41, 5.74) is 6.26. The van der Waals surface area contributed by atoms with E-state index in [1.807, 2.05) is 61.5 Å². The number of aromatic nitrogens is 3. The van der Waals surface area contributed by atoms with Gasteiger partial charge in [-0.1, -0.05) is 27.7 Å². The minimum absolute atomic E-state index is 0.213. The third-order valence-corrected chi connectivity index (χ3v) is 8.72. The van der Waals surface area contributed by atoms with Gasteiger partial charge < -0.3 is 24.7 Å². The molecular weight excluding hydrogens is 642 g/mol. The van der Waals surface area contributed by atoms with Crippen molar-refractivity contribution in [2.75, 3.05) is 44.7 Å². The summed E-state index contributed by atoms with van der Waals surface area (Å²) in [7, 11) is 2.13. The van der Waals surface area contributed by atoms with Gasteiger partial charge in [0.15, 0.2) is 11.6 Å². The van der Waals surface area contributed by atoms with Crippen molar-refractivity contribution in [3.63, 3.8) is 0 Å². The maximum atomic E-state index is 15.4. The molecule has 2 aromatic heterocycles. The van der Waals surface area contributed by atoms with Crippen LogP contribution >= 0.6 is 11.5 Å². The lowest BCUT2D eigenvalue weighted by Crippen LogP contribution is -2.29. The first-order valence-electron chi connectivity index (χ1n) is 17.5. The lowest BCUT2D eigenvalue weighted by atomic mass is 9.85. The average molecular weight is 700 g/mol. The zero-order valence-corrected chi connectivity index (χ0v) is 32.6. The summed E-state index contributed by atoms with van der Waals surface area (Å²) in [5.74, 6) is -0.338. The van der Waals surface area contributed by atoms with Crippen LogP contribution < -0.4 is 9.64 Å². The molecule has 9 nitrogen and oxygen atoms in total. The number of allylic oxidation sites excluding steroid dienone is 1. The number of ether oxygens (including phenoxy) is 1. The number of hydrogen-bond donors (Lipinski definition) is 2. The van der Waals surface area contributed by atoms with Crippen molar-refractivity contribution in [3.05, 3.63) is 50.5 Å². The van der Waals surface area contributed by atoms with Crippen LogP contribution in [0.3, 0.4) is 0 Å². The van der Waals surface area contributed by atoms with Crippen LogP contribution in [0.5, 0.6) is 5.75 Å². The van der Waals surface area contributed by atoms with Gasteiger partial charge in [0, 0.05) is 42.1 Å². The molecule has 49 heavy (non-hydrogen) atoms. The number of carboxylic acids is 1. The second kappa shape index (κ2) is 19.1. The zero-order chi connectivity index (χ0) is 37.1. The molecule has 2 N–H and O–H groups in total. The smallest absolute Gasteiger partial charge is 0.307 e. The van der Waals surface area contributed by atoms with Crippen LogP contribution in [0.2, 0.25) is 0 Å². The van der Waals surface area contributed by atoms with Crippen molar-refractivity contribution in [2.45, 2.75) is 107 Å². The lowest BCUT2D eigenvalue weighted by Gasteiger charge is -2.24. The predicted molar refractivity (Wildman–Crippen MR) is 201 cm³/mol. The first-order chi connectivity index (χ1) is 23.1. The highest BCUT2D eigenvalue weighted by Crippen LogP contribution is 2.42. The molecule has 0 saturated carbocycles. The molecule has 0 atom stereocenters. The molecule has 0 radical (unpaired) electrons. The topological polar surface area (TPSA) is 112 Å². The summed E-state index contributed by atoms with van der Waals surface area (Å²) >= 11 is 1.35. The first-order valence-corrected chi connectivity index (χ1v) is 18.3. The number of aryl methyl sites for hydroxylation is 2. The minimum Gasteiger partial charge on any atom is -0.490 e. The van der Waals surface area contributed by atoms with Gasteiger partial charge in [0.2, 0.25) is 5.95 Å². The molecule has 4 heterocycles. The molecule has 0 amide bonds. The van der Waals surface area contributed by atoms with E-state index in [9.17, 15) is 9.90 Å². The summed E-state index contributed by atoms with van der Waals surface area (Å²) in [5, 5.41) is 19.1. The van der Waals surface area contributed by atoms with E-state index in [1.165, 1.54) is 17.6 Å². The fraction of sp³-hybridized carbons (Fsp3) is 0.579. The van der Waals surface area contributed by atoms with E-state index in [2.05, 4.69) is 21.2 Å². The number of rotatable bonds is 6. The largest absolute Gasteiger partial charge is 0.490 e. The van der Waals surface area contributed by atoms with Crippen LogP contribution in [0, 0.1) is 26.6 Å². The van der Waals surface area contributed by atoms with Gasteiger partial charge in [-0.05, 0) is 133 Å². The SMILES string of the molecule is C/C(=C\c1c(C)nc(C)c(CC(=O)O)c1-c1cc(F)c2c(c1C)CCCO2)c1nc(N2CCCN(C)CC2)ns1.CC.CC.CC(C)(C)O. The second-order valence-electron chi connectivity index (χ2n) is 13.0. The number of carboxylic acid groups (broad SMARTS) is 1. The van der Waals surface area contributed by atoms with Crippen molar-refractivity contribution < 1.29 is 24.1 Å². The van der Waals surface area contributed by atoms with E-state index in [-0.39, 0.29) is 6.42 Å². The number of aliphatic carboxylic acids is 1. The number of halogens is 1. The van der Waals surface area contributed by atoms with Crippen LogP contribution in [0.4, 0.5) is 10.3 Å². The third kappa shape index (κ3) is 11.6. The number of pyridine rings is 1. The van der Waals surface area contributed by atoms with Crippen molar-refractivity contribution in [3.8, 4) is 16.9 Å². The van der Waals surface area contributed by atoms with Gasteiger partial charge in [0.05, 0.1) is 18.6 Å². The molecule has 11 heteroatoms. The molecule has 0 spiro atoms. The molecule has 3 aromatic rings. The minimum atomic E-state index is -0.960. The molecule has 1 aromatic carbocycles. The number of carbonyl (C=O) groups is 1. The molecule has 2 aliphatic heterocycles. The Bertz CT molecular complexity index is 1580. The van der Waals surface area contributed by atoms with Gasteiger partial charge in [-0.25, -0.2) is 4.39 Å². The Balaban J connectivity index is 0.000000837. The summed E-state index contributed by atoms with van der Waals surface area (Å²) in [6, 6.07) is 1.49. The van der Waals surface area contributed by atoms with Crippen molar-refractivity contribution >= 4 is 35.1 Å². The fourth-order valence-electron chi connectivity index (χ4n) is 5.70. The Morgan fingerprint density at radius 2 is 1.69 bits per heavy atom. The van der Waals surface area contributed by atoms with E-state index in [0.29, 0.717) is 41.2 Å².